The van der Waals surface area contributed by atoms with Crippen LogP contribution in [0.3, 0.4) is 0 Å². The highest BCUT2D eigenvalue weighted by Gasteiger charge is 2.36. The number of carbonyl (C=O) groups excluding carboxylic acids is 2. The molecule has 4 aromatic carbocycles. The van der Waals surface area contributed by atoms with E-state index in [2.05, 4.69) is 5.32 Å². The minimum atomic E-state index is -4.46. The summed E-state index contributed by atoms with van der Waals surface area (Å²) in [5, 5.41) is 3.85. The van der Waals surface area contributed by atoms with Crippen molar-refractivity contribution < 1.29 is 31.9 Å². The van der Waals surface area contributed by atoms with Crippen molar-refractivity contribution in [2.45, 2.75) is 62.0 Å². The third-order valence-electron chi connectivity index (χ3n) is 9.07. The van der Waals surface area contributed by atoms with Crippen molar-refractivity contribution in [3.8, 4) is 11.5 Å². The maximum Gasteiger partial charge on any atom is 0.264 e. The quantitative estimate of drug-likeness (QED) is 0.164. The molecule has 1 saturated carbocycles. The molecule has 6 rings (SSSR count). The van der Waals surface area contributed by atoms with Gasteiger partial charge in [0.25, 0.3) is 10.0 Å². The van der Waals surface area contributed by atoms with E-state index in [0.717, 1.165) is 54.1 Å². The summed E-state index contributed by atoms with van der Waals surface area (Å²) in [6.45, 7) is -0.271. The van der Waals surface area contributed by atoms with Crippen molar-refractivity contribution >= 4 is 50.7 Å². The number of hydrogen-bond donors (Lipinski definition) is 1. The number of benzene rings is 4. The normalized spacial score (nSPS) is 15.1. The molecule has 0 spiro atoms. The molecule has 13 heteroatoms. The largest absolute Gasteiger partial charge is 0.486 e. The summed E-state index contributed by atoms with van der Waals surface area (Å²) in [6, 6.07) is 22.1. The van der Waals surface area contributed by atoms with Crippen LogP contribution in [-0.2, 0) is 32.6 Å². The van der Waals surface area contributed by atoms with E-state index in [4.69, 9.17) is 32.7 Å². The zero-order valence-corrected chi connectivity index (χ0v) is 30.1. The second-order valence-electron chi connectivity index (χ2n) is 12.6. The van der Waals surface area contributed by atoms with Gasteiger partial charge in [0.1, 0.15) is 31.6 Å². The van der Waals surface area contributed by atoms with E-state index in [1.807, 2.05) is 30.3 Å². The van der Waals surface area contributed by atoms with E-state index in [1.165, 1.54) is 35.2 Å². The average Bonchev–Trinajstić information content (AvgIpc) is 3.13. The van der Waals surface area contributed by atoms with E-state index in [0.29, 0.717) is 22.9 Å². The lowest BCUT2D eigenvalue weighted by Gasteiger charge is -2.35. The van der Waals surface area contributed by atoms with E-state index in [-0.39, 0.29) is 52.9 Å². The first-order valence-corrected chi connectivity index (χ1v) is 19.0. The summed E-state index contributed by atoms with van der Waals surface area (Å²) in [6.07, 6.45) is 4.88. The Morgan fingerprint density at radius 2 is 1.57 bits per heavy atom. The van der Waals surface area contributed by atoms with Gasteiger partial charge in [-0.15, -0.1) is 0 Å². The molecular formula is C38H38Cl2FN3O6S. The highest BCUT2D eigenvalue weighted by Crippen LogP contribution is 2.35. The summed E-state index contributed by atoms with van der Waals surface area (Å²) in [5.74, 6) is -0.973. The van der Waals surface area contributed by atoms with E-state index in [1.54, 1.807) is 18.2 Å². The van der Waals surface area contributed by atoms with Crippen LogP contribution >= 0.6 is 23.2 Å². The second kappa shape index (κ2) is 16.4. The number of amides is 2. The van der Waals surface area contributed by atoms with Crippen molar-refractivity contribution in [2.75, 3.05) is 24.1 Å². The lowest BCUT2D eigenvalue weighted by molar-refractivity contribution is -0.140. The van der Waals surface area contributed by atoms with Crippen LogP contribution in [-0.4, -0.2) is 57.0 Å². The highest BCUT2D eigenvalue weighted by atomic mass is 35.5. The van der Waals surface area contributed by atoms with Crippen LogP contribution in [0.2, 0.25) is 10.0 Å². The average molecular weight is 755 g/mol. The fraction of sp³-hybridized carbons (Fsp3) is 0.316. The first-order chi connectivity index (χ1) is 24.6. The van der Waals surface area contributed by atoms with Crippen LogP contribution in [0.5, 0.6) is 11.5 Å². The topological polar surface area (TPSA) is 105 Å². The summed E-state index contributed by atoms with van der Waals surface area (Å²) < 4.78 is 55.1. The fourth-order valence-electron chi connectivity index (χ4n) is 6.38. The number of halogens is 3. The zero-order chi connectivity index (χ0) is 36.0. The Labute approximate surface area is 307 Å². The number of fused-ring (bicyclic) bond motifs is 1. The molecule has 4 aromatic rings. The van der Waals surface area contributed by atoms with Crippen LogP contribution in [0.15, 0.2) is 95.9 Å². The number of nitrogens with one attached hydrogen (secondary N) is 1. The third kappa shape index (κ3) is 8.95. The number of ether oxygens (including phenoxy) is 2. The van der Waals surface area contributed by atoms with E-state index >= 15 is 0 Å². The number of carbonyl (C=O) groups is 2. The molecule has 1 atom stereocenters. The lowest BCUT2D eigenvalue weighted by atomic mass is 9.94. The molecule has 1 heterocycles. The zero-order valence-electron chi connectivity index (χ0n) is 27.8. The van der Waals surface area contributed by atoms with E-state index < -0.39 is 34.3 Å². The summed E-state index contributed by atoms with van der Waals surface area (Å²) in [4.78, 5) is 30.3. The number of rotatable bonds is 12. The second-order valence-corrected chi connectivity index (χ2v) is 15.3. The smallest absolute Gasteiger partial charge is 0.264 e. The summed E-state index contributed by atoms with van der Waals surface area (Å²) in [7, 11) is -4.46. The molecule has 1 fully saturated rings. The standard InChI is InChI=1S/C38H38Cl2FN3O6S/c39-28-12-11-27(33(40)22-28)24-43(34(21-26-7-3-1-4-8-26)38(46)42-30-9-5-2-6-10-30)37(45)25-44(31-15-13-29(41)14-16-31)51(47,48)32-17-18-35-36(23-32)50-20-19-49-35/h1,3-4,7-8,11-18,22-23,30,34H,2,5-6,9-10,19-21,24-25H2,(H,42,46)/t34-/m0/s1. The van der Waals surface area contributed by atoms with Gasteiger partial charge >= 0.3 is 0 Å². The van der Waals surface area contributed by atoms with E-state index in [9.17, 15) is 22.4 Å². The Hall–Kier alpha value is -4.32. The van der Waals surface area contributed by atoms with Gasteiger partial charge in [-0.3, -0.25) is 13.9 Å². The number of nitrogens with zero attached hydrogens (tertiary/aromatic N) is 2. The molecule has 0 radical (unpaired) electrons. The number of sulfonamides is 1. The SMILES string of the molecule is O=C(NC1CCCCC1)[C@H](Cc1ccccc1)N(Cc1ccc(Cl)cc1Cl)C(=O)CN(c1ccc(F)cc1)S(=O)(=O)c1ccc2c(c1)OCCO2. The molecule has 1 aliphatic carbocycles. The number of hydrogen-bond acceptors (Lipinski definition) is 6. The molecule has 2 amide bonds. The molecule has 0 unspecified atom stereocenters. The molecule has 1 aliphatic heterocycles. The van der Waals surface area contributed by atoms with Gasteiger partial charge in [-0.05, 0) is 72.5 Å². The summed E-state index contributed by atoms with van der Waals surface area (Å²) >= 11 is 12.8. The minimum Gasteiger partial charge on any atom is -0.486 e. The molecule has 1 N–H and O–H groups in total. The maximum absolute atomic E-state index is 14.8. The molecule has 0 saturated heterocycles. The fourth-order valence-corrected chi connectivity index (χ4v) is 8.28. The molecule has 268 valence electrons. The first kappa shape index (κ1) is 36.5. The van der Waals surface area contributed by atoms with Crippen molar-refractivity contribution in [1.82, 2.24) is 10.2 Å². The monoisotopic (exact) mass is 753 g/mol. The van der Waals surface area contributed by atoms with Crippen LogP contribution < -0.4 is 19.1 Å². The summed E-state index contributed by atoms with van der Waals surface area (Å²) in [5.41, 5.74) is 1.37. The van der Waals surface area contributed by atoms with Crippen LogP contribution in [0, 0.1) is 5.82 Å². The predicted octanol–water partition coefficient (Wildman–Crippen LogP) is 7.19. The molecule has 9 nitrogen and oxygen atoms in total. The highest BCUT2D eigenvalue weighted by molar-refractivity contribution is 7.92. The van der Waals surface area contributed by atoms with Gasteiger partial charge in [-0.2, -0.15) is 0 Å². The Kier molecular flexibility index (Phi) is 11.7. The Balaban J connectivity index is 1.41. The van der Waals surface area contributed by atoms with Gasteiger partial charge in [-0.25, -0.2) is 12.8 Å². The predicted molar refractivity (Wildman–Crippen MR) is 194 cm³/mol. The van der Waals surface area contributed by atoms with Crippen LogP contribution in [0.4, 0.5) is 10.1 Å². The maximum atomic E-state index is 14.8. The Morgan fingerprint density at radius 1 is 0.863 bits per heavy atom. The number of anilines is 1. The first-order valence-electron chi connectivity index (χ1n) is 16.8. The van der Waals surface area contributed by atoms with Crippen molar-refractivity contribution in [3.63, 3.8) is 0 Å². The third-order valence-corrected chi connectivity index (χ3v) is 11.4. The Bertz CT molecular complexity index is 1960. The molecule has 0 bridgehead atoms. The van der Waals surface area contributed by atoms with Gasteiger partial charge in [0.05, 0.1) is 10.6 Å². The van der Waals surface area contributed by atoms with Crippen molar-refractivity contribution in [1.29, 1.82) is 0 Å². The van der Waals surface area contributed by atoms with Gasteiger partial charge in [0.15, 0.2) is 11.5 Å². The van der Waals surface area contributed by atoms with Crippen LogP contribution in [0.1, 0.15) is 43.2 Å². The van der Waals surface area contributed by atoms with Gasteiger partial charge < -0.3 is 19.7 Å². The molecule has 0 aromatic heterocycles. The Morgan fingerprint density at radius 3 is 2.27 bits per heavy atom. The molecular weight excluding hydrogens is 716 g/mol. The minimum absolute atomic E-state index is 0.0492. The van der Waals surface area contributed by atoms with Gasteiger partial charge in [-0.1, -0.05) is 78.9 Å². The lowest BCUT2D eigenvalue weighted by Crippen LogP contribution is -2.55. The molecule has 51 heavy (non-hydrogen) atoms. The molecule has 2 aliphatic rings. The van der Waals surface area contributed by atoms with Crippen molar-refractivity contribution in [2.24, 2.45) is 0 Å². The van der Waals surface area contributed by atoms with Crippen LogP contribution in [0.25, 0.3) is 0 Å². The van der Waals surface area contributed by atoms with Gasteiger partial charge in [0, 0.05) is 35.1 Å². The van der Waals surface area contributed by atoms with Gasteiger partial charge in [0.2, 0.25) is 11.8 Å². The van der Waals surface area contributed by atoms with Crippen molar-refractivity contribution in [3.05, 3.63) is 118 Å².